The molecule has 2 rings (SSSR count). The maximum Gasteiger partial charge on any atom is 0.328 e. The highest BCUT2D eigenvalue weighted by molar-refractivity contribution is 5.94. The van der Waals surface area contributed by atoms with E-state index in [0.29, 0.717) is 18.7 Å². The second-order valence-corrected chi connectivity index (χ2v) is 8.57. The standard InChI is InChI=1S/C21H35N9O6/c1-11(31)16(20(35)36)30-18(33)14(5-3-7-26-21(22)23)28-19(34)15(8-12-9-24-10-27-12)29-17(32)13-4-2-6-25-13/h9-11,13-16,25,31H,2-8H2,1H3,(H,24,27)(H,28,34)(H,29,32)(H,30,33)(H,35,36)(H4,22,23,26). The largest absolute Gasteiger partial charge is 0.480 e. The molecule has 0 radical (unpaired) electrons. The number of carbonyl (C=O) groups is 4. The zero-order valence-corrected chi connectivity index (χ0v) is 20.1. The van der Waals surface area contributed by atoms with Gasteiger partial charge in [0.25, 0.3) is 0 Å². The highest BCUT2D eigenvalue weighted by Crippen LogP contribution is 2.08. The molecule has 200 valence electrons. The van der Waals surface area contributed by atoms with Crippen molar-refractivity contribution in [2.75, 3.05) is 13.1 Å². The van der Waals surface area contributed by atoms with Crippen molar-refractivity contribution in [3.05, 3.63) is 18.2 Å². The van der Waals surface area contributed by atoms with E-state index in [1.165, 1.54) is 19.4 Å². The number of aliphatic imine (C=N–C) groups is 1. The summed E-state index contributed by atoms with van der Waals surface area (Å²) < 4.78 is 0. The molecule has 0 aromatic carbocycles. The molecule has 15 heteroatoms. The number of carboxylic acid groups (broad SMARTS) is 1. The molecule has 5 unspecified atom stereocenters. The van der Waals surface area contributed by atoms with E-state index in [0.717, 1.165) is 6.42 Å². The van der Waals surface area contributed by atoms with Gasteiger partial charge < -0.3 is 47.9 Å². The molecular formula is C21H35N9O6. The molecule has 0 aliphatic carbocycles. The summed E-state index contributed by atoms with van der Waals surface area (Å²) in [5, 5.41) is 29.6. The average molecular weight is 510 g/mol. The summed E-state index contributed by atoms with van der Waals surface area (Å²) in [6.45, 7) is 2.09. The van der Waals surface area contributed by atoms with Crippen molar-refractivity contribution in [2.45, 2.75) is 69.3 Å². The average Bonchev–Trinajstić information content (AvgIpc) is 3.52. The van der Waals surface area contributed by atoms with Gasteiger partial charge in [0, 0.05) is 24.9 Å². The molecule has 1 aromatic heterocycles. The van der Waals surface area contributed by atoms with Crippen LogP contribution in [0.5, 0.6) is 0 Å². The number of aromatic amines is 1. The molecule has 3 amide bonds. The van der Waals surface area contributed by atoms with Crippen LogP contribution in [-0.2, 0) is 25.6 Å². The second-order valence-electron chi connectivity index (χ2n) is 8.57. The number of amides is 3. The first-order valence-corrected chi connectivity index (χ1v) is 11.7. The van der Waals surface area contributed by atoms with Gasteiger partial charge in [-0.1, -0.05) is 0 Å². The molecule has 2 heterocycles. The molecule has 1 aliphatic rings. The lowest BCUT2D eigenvalue weighted by Gasteiger charge is -2.25. The van der Waals surface area contributed by atoms with Crippen LogP contribution in [0.1, 0.15) is 38.3 Å². The Morgan fingerprint density at radius 2 is 1.92 bits per heavy atom. The van der Waals surface area contributed by atoms with Crippen LogP contribution in [0.4, 0.5) is 0 Å². The maximum absolute atomic E-state index is 13.2. The lowest BCUT2D eigenvalue weighted by molar-refractivity contribution is -0.145. The van der Waals surface area contributed by atoms with Crippen LogP contribution in [0.3, 0.4) is 0 Å². The van der Waals surface area contributed by atoms with Crippen LogP contribution in [0, 0.1) is 0 Å². The Bertz CT molecular complexity index is 911. The zero-order valence-electron chi connectivity index (χ0n) is 20.1. The number of imidazole rings is 1. The molecule has 1 aromatic rings. The predicted octanol–water partition coefficient (Wildman–Crippen LogP) is -3.32. The van der Waals surface area contributed by atoms with Crippen LogP contribution < -0.4 is 32.7 Å². The van der Waals surface area contributed by atoms with E-state index in [9.17, 15) is 29.4 Å². The van der Waals surface area contributed by atoms with Gasteiger partial charge >= 0.3 is 5.97 Å². The fourth-order valence-electron chi connectivity index (χ4n) is 3.69. The number of rotatable bonds is 14. The number of aliphatic hydroxyl groups excluding tert-OH is 1. The van der Waals surface area contributed by atoms with Gasteiger partial charge in [-0.15, -0.1) is 0 Å². The van der Waals surface area contributed by atoms with E-state index in [4.69, 9.17) is 11.5 Å². The fourth-order valence-corrected chi connectivity index (χ4v) is 3.69. The van der Waals surface area contributed by atoms with E-state index in [2.05, 4.69) is 36.2 Å². The Labute approximate surface area is 207 Å². The van der Waals surface area contributed by atoms with Gasteiger partial charge in [0.1, 0.15) is 12.1 Å². The monoisotopic (exact) mass is 509 g/mol. The molecular weight excluding hydrogens is 474 g/mol. The Balaban J connectivity index is 2.17. The Morgan fingerprint density at radius 3 is 2.47 bits per heavy atom. The van der Waals surface area contributed by atoms with Gasteiger partial charge in [0.2, 0.25) is 17.7 Å². The van der Waals surface area contributed by atoms with Crippen LogP contribution in [0.2, 0.25) is 0 Å². The third-order valence-corrected chi connectivity index (χ3v) is 5.61. The summed E-state index contributed by atoms with van der Waals surface area (Å²) in [6.07, 6.45) is 3.47. The maximum atomic E-state index is 13.2. The van der Waals surface area contributed by atoms with Gasteiger partial charge in [-0.25, -0.2) is 9.78 Å². The van der Waals surface area contributed by atoms with Crippen LogP contribution in [-0.4, -0.2) is 93.2 Å². The second kappa shape index (κ2) is 14.0. The highest BCUT2D eigenvalue weighted by atomic mass is 16.4. The quantitative estimate of drug-likeness (QED) is 0.0685. The first kappa shape index (κ1) is 28.5. The minimum atomic E-state index is -1.58. The molecule has 15 nitrogen and oxygen atoms in total. The van der Waals surface area contributed by atoms with Crippen LogP contribution >= 0.6 is 0 Å². The number of H-pyrrole nitrogens is 1. The minimum absolute atomic E-state index is 0.0649. The molecule has 36 heavy (non-hydrogen) atoms. The number of aliphatic hydroxyl groups is 1. The van der Waals surface area contributed by atoms with E-state index in [1.54, 1.807) is 0 Å². The van der Waals surface area contributed by atoms with E-state index in [-0.39, 0.29) is 37.7 Å². The zero-order chi connectivity index (χ0) is 26.7. The van der Waals surface area contributed by atoms with Crippen LogP contribution in [0.15, 0.2) is 17.5 Å². The molecule has 0 spiro atoms. The number of nitrogens with two attached hydrogens (primary N) is 2. The molecule has 1 aliphatic heterocycles. The van der Waals surface area contributed by atoms with Crippen molar-refractivity contribution in [1.29, 1.82) is 0 Å². The number of hydrogen-bond donors (Lipinski definition) is 9. The summed E-state index contributed by atoms with van der Waals surface area (Å²) in [6, 6.07) is -4.23. The Kier molecular flexibility index (Phi) is 11.1. The molecule has 1 fully saturated rings. The topological polar surface area (TPSA) is 250 Å². The molecule has 5 atom stereocenters. The number of nitrogens with zero attached hydrogens (tertiary/aromatic N) is 2. The third-order valence-electron chi connectivity index (χ3n) is 5.61. The smallest absolute Gasteiger partial charge is 0.328 e. The summed E-state index contributed by atoms with van der Waals surface area (Å²) in [5.74, 6) is -3.38. The first-order chi connectivity index (χ1) is 17.1. The molecule has 11 N–H and O–H groups in total. The summed E-state index contributed by atoms with van der Waals surface area (Å²) in [4.78, 5) is 60.9. The van der Waals surface area contributed by atoms with Crippen molar-refractivity contribution in [3.63, 3.8) is 0 Å². The minimum Gasteiger partial charge on any atom is -0.480 e. The van der Waals surface area contributed by atoms with Gasteiger partial charge in [-0.2, -0.15) is 0 Å². The summed E-state index contributed by atoms with van der Waals surface area (Å²) in [7, 11) is 0. The lowest BCUT2D eigenvalue weighted by Crippen LogP contribution is -2.58. The number of guanidine groups is 1. The van der Waals surface area contributed by atoms with Crippen molar-refractivity contribution in [2.24, 2.45) is 16.5 Å². The van der Waals surface area contributed by atoms with Gasteiger partial charge in [0.05, 0.1) is 18.5 Å². The van der Waals surface area contributed by atoms with Crippen molar-refractivity contribution >= 4 is 29.7 Å². The number of aliphatic carboxylic acids is 1. The van der Waals surface area contributed by atoms with Crippen LogP contribution in [0.25, 0.3) is 0 Å². The third kappa shape index (κ3) is 9.14. The highest BCUT2D eigenvalue weighted by Gasteiger charge is 2.32. The van der Waals surface area contributed by atoms with Gasteiger partial charge in [-0.05, 0) is 39.2 Å². The molecule has 1 saturated heterocycles. The van der Waals surface area contributed by atoms with Crippen molar-refractivity contribution in [3.8, 4) is 0 Å². The molecule has 0 bridgehead atoms. The summed E-state index contributed by atoms with van der Waals surface area (Å²) in [5.41, 5.74) is 11.2. The summed E-state index contributed by atoms with van der Waals surface area (Å²) >= 11 is 0. The van der Waals surface area contributed by atoms with Gasteiger partial charge in [-0.3, -0.25) is 19.4 Å². The Hall–Kier alpha value is -3.72. The van der Waals surface area contributed by atoms with E-state index in [1.807, 2.05) is 0 Å². The number of nitrogens with one attached hydrogen (secondary N) is 5. The number of carbonyl (C=O) groups excluding carboxylic acids is 3. The van der Waals surface area contributed by atoms with Crippen molar-refractivity contribution < 1.29 is 29.4 Å². The molecule has 0 saturated carbocycles. The van der Waals surface area contributed by atoms with Crippen molar-refractivity contribution in [1.82, 2.24) is 31.2 Å². The lowest BCUT2D eigenvalue weighted by atomic mass is 10.1. The Morgan fingerprint density at radius 1 is 1.19 bits per heavy atom. The van der Waals surface area contributed by atoms with Gasteiger partial charge in [0.15, 0.2) is 12.0 Å². The van der Waals surface area contributed by atoms with E-state index >= 15 is 0 Å². The van der Waals surface area contributed by atoms with E-state index < -0.39 is 48.1 Å². The number of aromatic nitrogens is 2. The SMILES string of the molecule is CC(O)C(NC(=O)C(CCCN=C(N)N)NC(=O)C(Cc1cnc[nH]1)NC(=O)C1CCCN1)C(=O)O. The normalized spacial score (nSPS) is 18.3. The predicted molar refractivity (Wildman–Crippen MR) is 128 cm³/mol. The number of carboxylic acids is 1. The number of hydrogen-bond acceptors (Lipinski definition) is 8. The fraction of sp³-hybridized carbons (Fsp3) is 0.619. The first-order valence-electron chi connectivity index (χ1n) is 11.7.